The number of carboxylic acids is 1. The molecular formula is C13H18N2O4. The largest absolute Gasteiger partial charge is 0.481 e. The number of rotatable bonds is 4. The van der Waals surface area contributed by atoms with E-state index in [0.717, 1.165) is 12.8 Å². The van der Waals surface area contributed by atoms with E-state index in [4.69, 9.17) is 9.63 Å². The summed E-state index contributed by atoms with van der Waals surface area (Å²) in [6.45, 7) is 4.22. The van der Waals surface area contributed by atoms with Gasteiger partial charge in [0.05, 0.1) is 12.1 Å². The second-order valence-corrected chi connectivity index (χ2v) is 4.81. The first-order valence-electron chi connectivity index (χ1n) is 6.52. The fourth-order valence-corrected chi connectivity index (χ4v) is 2.59. The summed E-state index contributed by atoms with van der Waals surface area (Å²) in [5.41, 5.74) is 1.14. The third-order valence-electron chi connectivity index (χ3n) is 3.53. The Morgan fingerprint density at radius 3 is 2.89 bits per heavy atom. The summed E-state index contributed by atoms with van der Waals surface area (Å²) in [4.78, 5) is 25.0. The van der Waals surface area contributed by atoms with Gasteiger partial charge >= 0.3 is 5.97 Å². The molecule has 1 unspecified atom stereocenters. The highest BCUT2D eigenvalue weighted by molar-refractivity contribution is 5.96. The molecule has 1 aromatic heterocycles. The van der Waals surface area contributed by atoms with Crippen LogP contribution in [0.5, 0.6) is 0 Å². The monoisotopic (exact) mass is 266 g/mol. The summed E-state index contributed by atoms with van der Waals surface area (Å²) < 4.78 is 5.07. The predicted octanol–water partition coefficient (Wildman–Crippen LogP) is 1.62. The Balaban J connectivity index is 2.23. The van der Waals surface area contributed by atoms with E-state index in [9.17, 15) is 9.59 Å². The number of amides is 1. The number of aliphatic carboxylic acids is 1. The maximum absolute atomic E-state index is 12.5. The number of aryl methyl sites for hydroxylation is 2. The molecule has 6 nitrogen and oxygen atoms in total. The van der Waals surface area contributed by atoms with Crippen LogP contribution in [-0.2, 0) is 11.2 Å². The molecular weight excluding hydrogens is 248 g/mol. The molecule has 1 aromatic rings. The van der Waals surface area contributed by atoms with Gasteiger partial charge in [-0.3, -0.25) is 9.59 Å². The third kappa shape index (κ3) is 2.62. The molecule has 1 fully saturated rings. The van der Waals surface area contributed by atoms with Crippen molar-refractivity contribution in [2.24, 2.45) is 0 Å². The van der Waals surface area contributed by atoms with E-state index in [1.54, 1.807) is 11.8 Å². The highest BCUT2D eigenvalue weighted by Gasteiger charge is 2.33. The van der Waals surface area contributed by atoms with Crippen LogP contribution in [0.25, 0.3) is 0 Å². The first-order valence-corrected chi connectivity index (χ1v) is 6.52. The average molecular weight is 266 g/mol. The van der Waals surface area contributed by atoms with Gasteiger partial charge in [0.2, 0.25) is 0 Å². The van der Waals surface area contributed by atoms with E-state index in [1.165, 1.54) is 0 Å². The molecule has 0 spiro atoms. The number of hydrogen-bond donors (Lipinski definition) is 1. The van der Waals surface area contributed by atoms with E-state index >= 15 is 0 Å². The van der Waals surface area contributed by atoms with Crippen LogP contribution < -0.4 is 0 Å². The van der Waals surface area contributed by atoms with Crippen molar-refractivity contribution in [2.75, 3.05) is 6.54 Å². The summed E-state index contributed by atoms with van der Waals surface area (Å²) >= 11 is 0. The summed E-state index contributed by atoms with van der Waals surface area (Å²) in [5.74, 6) is -0.523. The standard InChI is InChI=1S/C13H18N2O4/c1-3-10-12(8(2)19-14-10)13(18)15-6-4-5-9(15)7-11(16)17/h9H,3-7H2,1-2H3,(H,16,17). The molecule has 1 N–H and O–H groups in total. The minimum atomic E-state index is -0.873. The van der Waals surface area contributed by atoms with Crippen LogP contribution in [0, 0.1) is 6.92 Å². The lowest BCUT2D eigenvalue weighted by atomic mass is 10.1. The Kier molecular flexibility index (Phi) is 3.87. The highest BCUT2D eigenvalue weighted by atomic mass is 16.5. The number of aromatic nitrogens is 1. The van der Waals surface area contributed by atoms with Crippen LogP contribution in [0.3, 0.4) is 0 Å². The minimum Gasteiger partial charge on any atom is -0.481 e. The molecule has 0 aromatic carbocycles. The van der Waals surface area contributed by atoms with Gasteiger partial charge in [-0.15, -0.1) is 0 Å². The van der Waals surface area contributed by atoms with E-state index in [0.29, 0.717) is 30.0 Å². The van der Waals surface area contributed by atoms with Crippen LogP contribution in [0.2, 0.25) is 0 Å². The van der Waals surface area contributed by atoms with Gasteiger partial charge in [-0.25, -0.2) is 0 Å². The van der Waals surface area contributed by atoms with Crippen LogP contribution in [0.1, 0.15) is 48.0 Å². The summed E-state index contributed by atoms with van der Waals surface area (Å²) in [5, 5.41) is 12.8. The quantitative estimate of drug-likeness (QED) is 0.895. The zero-order valence-electron chi connectivity index (χ0n) is 11.2. The number of hydrogen-bond acceptors (Lipinski definition) is 4. The minimum absolute atomic E-state index is 0.00245. The molecule has 1 aliphatic rings. The van der Waals surface area contributed by atoms with E-state index in [-0.39, 0.29) is 18.4 Å². The van der Waals surface area contributed by atoms with Crippen molar-refractivity contribution in [1.29, 1.82) is 0 Å². The Morgan fingerprint density at radius 1 is 1.53 bits per heavy atom. The van der Waals surface area contributed by atoms with Crippen molar-refractivity contribution in [3.05, 3.63) is 17.0 Å². The van der Waals surface area contributed by atoms with Crippen LogP contribution in [-0.4, -0.2) is 39.6 Å². The van der Waals surface area contributed by atoms with Gasteiger partial charge in [0.1, 0.15) is 11.3 Å². The Bertz CT molecular complexity index is 495. The fourth-order valence-electron chi connectivity index (χ4n) is 2.59. The third-order valence-corrected chi connectivity index (χ3v) is 3.53. The van der Waals surface area contributed by atoms with Gasteiger partial charge in [-0.1, -0.05) is 12.1 Å². The molecule has 1 aliphatic heterocycles. The molecule has 0 saturated carbocycles. The van der Waals surface area contributed by atoms with Gasteiger partial charge in [0.25, 0.3) is 5.91 Å². The molecule has 2 heterocycles. The smallest absolute Gasteiger partial charge is 0.305 e. The number of carbonyl (C=O) groups excluding carboxylic acids is 1. The molecule has 104 valence electrons. The summed E-state index contributed by atoms with van der Waals surface area (Å²) in [7, 11) is 0. The molecule has 1 atom stereocenters. The number of carbonyl (C=O) groups is 2. The van der Waals surface area contributed by atoms with Crippen molar-refractivity contribution < 1.29 is 19.2 Å². The Morgan fingerprint density at radius 2 is 2.26 bits per heavy atom. The van der Waals surface area contributed by atoms with Gasteiger partial charge in [0, 0.05) is 12.6 Å². The summed E-state index contributed by atoms with van der Waals surface area (Å²) in [6.07, 6.45) is 2.20. The second-order valence-electron chi connectivity index (χ2n) is 4.81. The van der Waals surface area contributed by atoms with E-state index in [2.05, 4.69) is 5.16 Å². The molecule has 0 bridgehead atoms. The van der Waals surface area contributed by atoms with Crippen LogP contribution in [0.15, 0.2) is 4.52 Å². The van der Waals surface area contributed by atoms with Crippen molar-refractivity contribution >= 4 is 11.9 Å². The van der Waals surface area contributed by atoms with Crippen molar-refractivity contribution in [3.63, 3.8) is 0 Å². The van der Waals surface area contributed by atoms with Crippen molar-refractivity contribution in [1.82, 2.24) is 10.1 Å². The van der Waals surface area contributed by atoms with Crippen LogP contribution >= 0.6 is 0 Å². The van der Waals surface area contributed by atoms with Crippen molar-refractivity contribution in [3.8, 4) is 0 Å². The van der Waals surface area contributed by atoms with E-state index < -0.39 is 5.97 Å². The normalized spacial score (nSPS) is 18.8. The van der Waals surface area contributed by atoms with Gasteiger partial charge < -0.3 is 14.5 Å². The van der Waals surface area contributed by atoms with Gasteiger partial charge in [-0.05, 0) is 26.2 Å². The molecule has 1 amide bonds. The second kappa shape index (κ2) is 5.42. The zero-order chi connectivity index (χ0) is 14.0. The molecule has 0 aliphatic carbocycles. The predicted molar refractivity (Wildman–Crippen MR) is 66.9 cm³/mol. The molecule has 1 saturated heterocycles. The number of likely N-dealkylation sites (tertiary alicyclic amines) is 1. The first-order chi connectivity index (χ1) is 9.04. The van der Waals surface area contributed by atoms with Crippen LogP contribution in [0.4, 0.5) is 0 Å². The molecule has 2 rings (SSSR count). The molecule has 0 radical (unpaired) electrons. The highest BCUT2D eigenvalue weighted by Crippen LogP contribution is 2.25. The van der Waals surface area contributed by atoms with Gasteiger partial charge in [0.15, 0.2) is 0 Å². The zero-order valence-corrected chi connectivity index (χ0v) is 11.2. The number of nitrogens with zero attached hydrogens (tertiary/aromatic N) is 2. The number of carboxylic acid groups (broad SMARTS) is 1. The summed E-state index contributed by atoms with van der Waals surface area (Å²) in [6, 6.07) is -0.219. The lowest BCUT2D eigenvalue weighted by molar-refractivity contribution is -0.137. The van der Waals surface area contributed by atoms with E-state index in [1.807, 2.05) is 6.92 Å². The lowest BCUT2D eigenvalue weighted by Crippen LogP contribution is -2.37. The average Bonchev–Trinajstić information content (AvgIpc) is 2.94. The molecule has 19 heavy (non-hydrogen) atoms. The fraction of sp³-hybridized carbons (Fsp3) is 0.615. The first kappa shape index (κ1) is 13.6. The SMILES string of the molecule is CCc1noc(C)c1C(=O)N1CCCC1CC(=O)O. The maximum atomic E-state index is 12.5. The Labute approximate surface area is 111 Å². The van der Waals surface area contributed by atoms with Gasteiger partial charge in [-0.2, -0.15) is 0 Å². The topological polar surface area (TPSA) is 83.6 Å². The maximum Gasteiger partial charge on any atom is 0.305 e. The Hall–Kier alpha value is -1.85. The lowest BCUT2D eigenvalue weighted by Gasteiger charge is -2.23. The molecule has 6 heteroatoms. The van der Waals surface area contributed by atoms with Crippen molar-refractivity contribution in [2.45, 2.75) is 45.6 Å².